The van der Waals surface area contributed by atoms with Crippen molar-refractivity contribution in [3.63, 3.8) is 0 Å². The van der Waals surface area contributed by atoms with Crippen LogP contribution < -0.4 is 0 Å². The lowest BCUT2D eigenvalue weighted by atomic mass is 10.1. The smallest absolute Gasteiger partial charge is 0.139 e. The van der Waals surface area contributed by atoms with Gasteiger partial charge < -0.3 is 0 Å². The van der Waals surface area contributed by atoms with Gasteiger partial charge in [0.15, 0.2) is 0 Å². The zero-order valence-corrected chi connectivity index (χ0v) is 8.59. The predicted octanol–water partition coefficient (Wildman–Crippen LogP) is 3.49. The van der Waals surface area contributed by atoms with Crippen LogP contribution in [-0.2, 0) is 4.79 Å². The first-order valence-corrected chi connectivity index (χ1v) is 5.54. The van der Waals surface area contributed by atoms with E-state index in [1.807, 2.05) is 0 Å². The van der Waals surface area contributed by atoms with Gasteiger partial charge in [-0.3, -0.25) is 4.79 Å². The second kappa shape index (κ2) is 5.95. The maximum absolute atomic E-state index is 11.2. The molecule has 0 heterocycles. The van der Waals surface area contributed by atoms with Crippen LogP contribution in [0.15, 0.2) is 12.2 Å². The van der Waals surface area contributed by atoms with Crippen molar-refractivity contribution >= 4 is 5.78 Å². The largest absolute Gasteiger partial charge is 0.299 e. The number of ketones is 1. The Labute approximate surface area is 81.2 Å². The minimum Gasteiger partial charge on any atom is -0.299 e. The molecule has 1 aliphatic rings. The Morgan fingerprint density at radius 3 is 2.92 bits per heavy atom. The molecule has 13 heavy (non-hydrogen) atoms. The molecule has 0 amide bonds. The number of hydrogen-bond donors (Lipinski definition) is 0. The van der Waals surface area contributed by atoms with E-state index in [0.717, 1.165) is 25.7 Å². The highest BCUT2D eigenvalue weighted by molar-refractivity contribution is 5.84. The molecular formula is C12H20O. The number of hydrogen-bond acceptors (Lipinski definition) is 1. The molecule has 0 aromatic carbocycles. The summed E-state index contributed by atoms with van der Waals surface area (Å²) in [5.41, 5.74) is 0. The van der Waals surface area contributed by atoms with E-state index in [2.05, 4.69) is 19.1 Å². The van der Waals surface area contributed by atoms with Crippen LogP contribution in [0.2, 0.25) is 0 Å². The van der Waals surface area contributed by atoms with E-state index < -0.39 is 0 Å². The van der Waals surface area contributed by atoms with E-state index in [9.17, 15) is 4.79 Å². The Kier molecular flexibility index (Phi) is 4.81. The third kappa shape index (κ3) is 3.75. The molecule has 0 aromatic rings. The summed E-state index contributed by atoms with van der Waals surface area (Å²) < 4.78 is 0. The lowest BCUT2D eigenvalue weighted by molar-refractivity contribution is -0.119. The number of allylic oxidation sites excluding steroid dienone is 2. The molecule has 74 valence electrons. The van der Waals surface area contributed by atoms with Crippen LogP contribution >= 0.6 is 0 Å². The van der Waals surface area contributed by atoms with Gasteiger partial charge in [-0.1, -0.05) is 31.9 Å². The highest BCUT2D eigenvalue weighted by atomic mass is 16.1. The first-order chi connectivity index (χ1) is 6.34. The zero-order chi connectivity index (χ0) is 9.52. The fourth-order valence-electron chi connectivity index (χ4n) is 1.82. The number of rotatable bonds is 5. The fourth-order valence-corrected chi connectivity index (χ4v) is 1.82. The van der Waals surface area contributed by atoms with Gasteiger partial charge in [0.1, 0.15) is 5.78 Å². The molecule has 0 saturated heterocycles. The van der Waals surface area contributed by atoms with Crippen LogP contribution in [0.5, 0.6) is 0 Å². The maximum Gasteiger partial charge on any atom is 0.139 e. The minimum absolute atomic E-state index is 0.265. The molecule has 1 rings (SSSR count). The van der Waals surface area contributed by atoms with Gasteiger partial charge >= 0.3 is 0 Å². The van der Waals surface area contributed by atoms with Crippen LogP contribution in [0.25, 0.3) is 0 Å². The molecule has 1 nitrogen and oxygen atoms in total. The lowest BCUT2D eigenvalue weighted by Crippen LogP contribution is -2.01. The van der Waals surface area contributed by atoms with E-state index in [1.54, 1.807) is 0 Å². The molecule has 0 aliphatic heterocycles. The molecule has 0 aromatic heterocycles. The third-order valence-corrected chi connectivity index (χ3v) is 2.69. The molecule has 0 bridgehead atoms. The van der Waals surface area contributed by atoms with Crippen LogP contribution in [0.3, 0.4) is 0 Å². The van der Waals surface area contributed by atoms with Crippen LogP contribution in [0.4, 0.5) is 0 Å². The monoisotopic (exact) mass is 180 g/mol. The number of unbranched alkanes of at least 4 members (excludes halogenated alkanes) is 3. The summed E-state index contributed by atoms with van der Waals surface area (Å²) in [6, 6.07) is 0. The summed E-state index contributed by atoms with van der Waals surface area (Å²) in [6.45, 7) is 2.21. The minimum atomic E-state index is 0.265. The molecule has 0 N–H and O–H groups in total. The van der Waals surface area contributed by atoms with Gasteiger partial charge in [-0.2, -0.15) is 0 Å². The topological polar surface area (TPSA) is 17.1 Å². The van der Waals surface area contributed by atoms with E-state index in [0.29, 0.717) is 5.78 Å². The normalized spacial score (nSPS) is 23.2. The van der Waals surface area contributed by atoms with Crippen LogP contribution in [0.1, 0.15) is 51.9 Å². The van der Waals surface area contributed by atoms with E-state index >= 15 is 0 Å². The van der Waals surface area contributed by atoms with Gasteiger partial charge in [-0.15, -0.1) is 0 Å². The summed E-state index contributed by atoms with van der Waals surface area (Å²) in [6.07, 6.45) is 12.3. The van der Waals surface area contributed by atoms with Gasteiger partial charge in [0, 0.05) is 12.3 Å². The number of carbonyl (C=O) groups is 1. The quantitative estimate of drug-likeness (QED) is 0.467. The highest BCUT2D eigenvalue weighted by Gasteiger charge is 2.20. The number of carbonyl (C=O) groups excluding carboxylic acids is 1. The first kappa shape index (κ1) is 10.5. The maximum atomic E-state index is 11.2. The molecule has 1 fully saturated rings. The summed E-state index contributed by atoms with van der Waals surface area (Å²) >= 11 is 0. The van der Waals surface area contributed by atoms with E-state index in [4.69, 9.17) is 0 Å². The SMILES string of the molecule is CCCCCC=CC1CCCC1=O. The summed E-state index contributed by atoms with van der Waals surface area (Å²) in [5.74, 6) is 0.716. The first-order valence-electron chi connectivity index (χ1n) is 5.54. The molecule has 1 heteroatoms. The molecule has 1 aliphatic carbocycles. The second-order valence-corrected chi connectivity index (χ2v) is 3.89. The summed E-state index contributed by atoms with van der Waals surface area (Å²) in [5, 5.41) is 0. The molecule has 0 radical (unpaired) electrons. The Bertz CT molecular complexity index is 182. The van der Waals surface area contributed by atoms with Crippen LogP contribution in [0, 0.1) is 5.92 Å². The highest BCUT2D eigenvalue weighted by Crippen LogP contribution is 2.22. The van der Waals surface area contributed by atoms with Crippen molar-refractivity contribution in [3.05, 3.63) is 12.2 Å². The van der Waals surface area contributed by atoms with Gasteiger partial charge in [0.2, 0.25) is 0 Å². The number of Topliss-reactive ketones (excluding diaryl/α,β-unsaturated/α-hetero) is 1. The molecular weight excluding hydrogens is 160 g/mol. The lowest BCUT2D eigenvalue weighted by Gasteiger charge is -1.98. The van der Waals surface area contributed by atoms with Gasteiger partial charge in [-0.05, 0) is 25.7 Å². The van der Waals surface area contributed by atoms with Gasteiger partial charge in [-0.25, -0.2) is 0 Å². The Hall–Kier alpha value is -0.590. The van der Waals surface area contributed by atoms with Gasteiger partial charge in [0.25, 0.3) is 0 Å². The summed E-state index contributed by atoms with van der Waals surface area (Å²) in [7, 11) is 0. The van der Waals surface area contributed by atoms with Crippen molar-refractivity contribution in [1.82, 2.24) is 0 Å². The van der Waals surface area contributed by atoms with Crippen LogP contribution in [-0.4, -0.2) is 5.78 Å². The Morgan fingerprint density at radius 1 is 1.46 bits per heavy atom. The molecule has 0 spiro atoms. The van der Waals surface area contributed by atoms with Crippen molar-refractivity contribution in [2.45, 2.75) is 51.9 Å². The van der Waals surface area contributed by atoms with E-state index in [-0.39, 0.29) is 5.92 Å². The van der Waals surface area contributed by atoms with Crippen molar-refractivity contribution in [2.24, 2.45) is 5.92 Å². The molecule has 1 atom stereocenters. The van der Waals surface area contributed by atoms with Crippen molar-refractivity contribution in [1.29, 1.82) is 0 Å². The average Bonchev–Trinajstić information content (AvgIpc) is 2.52. The van der Waals surface area contributed by atoms with Crippen molar-refractivity contribution in [3.8, 4) is 0 Å². The van der Waals surface area contributed by atoms with E-state index in [1.165, 1.54) is 19.3 Å². The van der Waals surface area contributed by atoms with Crippen molar-refractivity contribution < 1.29 is 4.79 Å². The average molecular weight is 180 g/mol. The standard InChI is InChI=1S/C12H20O/c1-2-3-4-5-6-8-11-9-7-10-12(11)13/h6,8,11H,2-5,7,9-10H2,1H3. The zero-order valence-electron chi connectivity index (χ0n) is 8.59. The van der Waals surface area contributed by atoms with Crippen molar-refractivity contribution in [2.75, 3.05) is 0 Å². The third-order valence-electron chi connectivity index (χ3n) is 2.69. The fraction of sp³-hybridized carbons (Fsp3) is 0.750. The summed E-state index contributed by atoms with van der Waals surface area (Å²) in [4.78, 5) is 11.2. The molecule has 1 unspecified atom stereocenters. The van der Waals surface area contributed by atoms with Gasteiger partial charge in [0.05, 0.1) is 0 Å². The molecule has 1 saturated carbocycles. The predicted molar refractivity (Wildman–Crippen MR) is 55.6 cm³/mol. The Balaban J connectivity index is 2.12. The second-order valence-electron chi connectivity index (χ2n) is 3.89. The Morgan fingerprint density at radius 2 is 2.31 bits per heavy atom.